The number of nitrogens with two attached hydrogens (primary N) is 1. The third kappa shape index (κ3) is 2.97. The Labute approximate surface area is 103 Å². The molecule has 0 aromatic heterocycles. The van der Waals surface area contributed by atoms with Gasteiger partial charge in [0.1, 0.15) is 0 Å². The Morgan fingerprint density at radius 3 is 2.19 bits per heavy atom. The van der Waals surface area contributed by atoms with Crippen molar-refractivity contribution in [3.8, 4) is 0 Å². The van der Waals surface area contributed by atoms with Crippen molar-refractivity contribution < 1.29 is 4.79 Å². The van der Waals surface area contributed by atoms with Gasteiger partial charge in [-0.15, -0.1) is 12.4 Å². The Kier molecular flexibility index (Phi) is 6.08. The number of hydrogen-bond acceptors (Lipinski definition) is 2. The predicted molar refractivity (Wildman–Crippen MR) is 70.2 cm³/mol. The maximum Gasteiger partial charge on any atom is 0.240 e. The normalized spacial score (nSPS) is 9.50. The predicted octanol–water partition coefficient (Wildman–Crippen LogP) is 2.04. The van der Waals surface area contributed by atoms with Crippen molar-refractivity contribution >= 4 is 24.0 Å². The molecule has 0 fully saturated rings. The molecule has 3 nitrogen and oxygen atoms in total. The summed E-state index contributed by atoms with van der Waals surface area (Å²) in [6.07, 6.45) is 0. The third-order valence-electron chi connectivity index (χ3n) is 2.50. The quantitative estimate of drug-likeness (QED) is 0.882. The Bertz CT molecular complexity index is 346. The van der Waals surface area contributed by atoms with Gasteiger partial charge >= 0.3 is 0 Å². The van der Waals surface area contributed by atoms with Crippen LogP contribution in [0.4, 0.5) is 5.69 Å². The molecule has 0 saturated carbocycles. The lowest BCUT2D eigenvalue weighted by molar-refractivity contribution is -0.117. The van der Waals surface area contributed by atoms with E-state index in [-0.39, 0.29) is 24.9 Å². The van der Waals surface area contributed by atoms with Crippen molar-refractivity contribution in [2.24, 2.45) is 5.73 Å². The third-order valence-corrected chi connectivity index (χ3v) is 2.50. The zero-order valence-electron chi connectivity index (χ0n) is 9.99. The molecule has 0 unspecified atom stereocenters. The summed E-state index contributed by atoms with van der Waals surface area (Å²) in [4.78, 5) is 13.4. The molecule has 4 heteroatoms. The molecule has 90 valence electrons. The number of hydrogen-bond donors (Lipinski definition) is 1. The highest BCUT2D eigenvalue weighted by atomic mass is 35.5. The average Bonchev–Trinajstić information content (AvgIpc) is 2.22. The van der Waals surface area contributed by atoms with E-state index < -0.39 is 0 Å². The first-order valence-electron chi connectivity index (χ1n) is 5.18. The summed E-state index contributed by atoms with van der Waals surface area (Å²) in [7, 11) is 0. The maximum absolute atomic E-state index is 11.6. The van der Waals surface area contributed by atoms with Gasteiger partial charge in [-0.25, -0.2) is 0 Å². The minimum absolute atomic E-state index is 0. The number of para-hydroxylation sites is 1. The van der Waals surface area contributed by atoms with Gasteiger partial charge < -0.3 is 10.6 Å². The number of carbonyl (C=O) groups excluding carboxylic acids is 1. The summed E-state index contributed by atoms with van der Waals surface area (Å²) in [6.45, 7) is 6.69. The fourth-order valence-corrected chi connectivity index (χ4v) is 1.80. The van der Waals surface area contributed by atoms with Crippen molar-refractivity contribution in [3.05, 3.63) is 29.3 Å². The molecule has 16 heavy (non-hydrogen) atoms. The molecule has 0 radical (unpaired) electrons. The fraction of sp³-hybridized carbons (Fsp3) is 0.417. The first kappa shape index (κ1) is 14.9. The van der Waals surface area contributed by atoms with Crippen LogP contribution < -0.4 is 10.6 Å². The van der Waals surface area contributed by atoms with Crippen molar-refractivity contribution in [1.29, 1.82) is 0 Å². The van der Waals surface area contributed by atoms with Crippen molar-refractivity contribution in [2.75, 3.05) is 18.0 Å². The van der Waals surface area contributed by atoms with Gasteiger partial charge in [0.15, 0.2) is 0 Å². The largest absolute Gasteiger partial charge is 0.322 e. The molecule has 0 aliphatic rings. The minimum Gasteiger partial charge on any atom is -0.322 e. The van der Waals surface area contributed by atoms with E-state index in [4.69, 9.17) is 5.73 Å². The molecule has 2 N–H and O–H groups in total. The molecule has 1 aromatic carbocycles. The van der Waals surface area contributed by atoms with Crippen molar-refractivity contribution in [2.45, 2.75) is 20.8 Å². The van der Waals surface area contributed by atoms with E-state index in [1.54, 1.807) is 4.90 Å². The zero-order chi connectivity index (χ0) is 11.4. The lowest BCUT2D eigenvalue weighted by Gasteiger charge is -2.24. The number of anilines is 1. The van der Waals surface area contributed by atoms with Crippen molar-refractivity contribution in [3.63, 3.8) is 0 Å². The molecule has 0 bridgehead atoms. The molecule has 0 atom stereocenters. The Morgan fingerprint density at radius 2 is 1.81 bits per heavy atom. The van der Waals surface area contributed by atoms with Crippen LogP contribution in [0.15, 0.2) is 18.2 Å². The summed E-state index contributed by atoms with van der Waals surface area (Å²) in [6, 6.07) is 6.01. The van der Waals surface area contributed by atoms with E-state index in [0.29, 0.717) is 6.54 Å². The second-order valence-corrected chi connectivity index (χ2v) is 3.58. The number of halogens is 1. The van der Waals surface area contributed by atoms with Crippen LogP contribution in [0.1, 0.15) is 18.1 Å². The Balaban J connectivity index is 0.00000225. The number of aryl methyl sites for hydroxylation is 2. The van der Waals surface area contributed by atoms with Gasteiger partial charge in [-0.2, -0.15) is 0 Å². The summed E-state index contributed by atoms with van der Waals surface area (Å²) in [5.74, 6) is -0.0325. The van der Waals surface area contributed by atoms with E-state index in [2.05, 4.69) is 0 Å². The van der Waals surface area contributed by atoms with E-state index in [9.17, 15) is 4.79 Å². The van der Waals surface area contributed by atoms with Gasteiger partial charge in [-0.3, -0.25) is 4.79 Å². The van der Waals surface area contributed by atoms with E-state index in [1.165, 1.54) is 0 Å². The summed E-state index contributed by atoms with van der Waals surface area (Å²) in [5, 5.41) is 0. The van der Waals surface area contributed by atoms with Gasteiger partial charge in [-0.05, 0) is 31.9 Å². The molecule has 1 amide bonds. The van der Waals surface area contributed by atoms with E-state index in [1.807, 2.05) is 39.0 Å². The van der Waals surface area contributed by atoms with Crippen LogP contribution in [0.3, 0.4) is 0 Å². The molecular weight excluding hydrogens is 224 g/mol. The van der Waals surface area contributed by atoms with Gasteiger partial charge in [0.25, 0.3) is 0 Å². The van der Waals surface area contributed by atoms with Crippen LogP contribution in [-0.4, -0.2) is 19.0 Å². The molecule has 0 aliphatic heterocycles. The molecule has 1 aromatic rings. The fourth-order valence-electron chi connectivity index (χ4n) is 1.80. The number of likely N-dealkylation sites (N-methyl/N-ethyl adjacent to an activating group) is 1. The van der Waals surface area contributed by atoms with Crippen LogP contribution in [-0.2, 0) is 4.79 Å². The highest BCUT2D eigenvalue weighted by molar-refractivity contribution is 5.96. The molecule has 0 aliphatic carbocycles. The Morgan fingerprint density at radius 1 is 1.31 bits per heavy atom. The van der Waals surface area contributed by atoms with Crippen LogP contribution in [0, 0.1) is 13.8 Å². The lowest BCUT2D eigenvalue weighted by Crippen LogP contribution is -2.36. The second-order valence-electron chi connectivity index (χ2n) is 3.58. The number of carbonyl (C=O) groups is 1. The number of amides is 1. The molecule has 0 saturated heterocycles. The van der Waals surface area contributed by atoms with Crippen LogP contribution >= 0.6 is 12.4 Å². The van der Waals surface area contributed by atoms with E-state index >= 15 is 0 Å². The smallest absolute Gasteiger partial charge is 0.240 e. The lowest BCUT2D eigenvalue weighted by atomic mass is 10.1. The first-order valence-corrected chi connectivity index (χ1v) is 5.18. The molecule has 1 rings (SSSR count). The van der Waals surface area contributed by atoms with Gasteiger partial charge in [0.05, 0.1) is 6.54 Å². The van der Waals surface area contributed by atoms with Gasteiger partial charge in [-0.1, -0.05) is 18.2 Å². The minimum atomic E-state index is -0.0325. The highest BCUT2D eigenvalue weighted by Gasteiger charge is 2.15. The van der Waals surface area contributed by atoms with E-state index in [0.717, 1.165) is 16.8 Å². The standard InChI is InChI=1S/C12H18N2O.ClH/c1-4-14(11(15)8-13)12-9(2)6-5-7-10(12)3;/h5-7H,4,8,13H2,1-3H3;1H. The highest BCUT2D eigenvalue weighted by Crippen LogP contribution is 2.24. The van der Waals surface area contributed by atoms with Crippen LogP contribution in [0.2, 0.25) is 0 Å². The number of rotatable bonds is 3. The summed E-state index contributed by atoms with van der Waals surface area (Å²) in [5.41, 5.74) is 8.61. The van der Waals surface area contributed by atoms with Crippen LogP contribution in [0.25, 0.3) is 0 Å². The summed E-state index contributed by atoms with van der Waals surface area (Å²) < 4.78 is 0. The van der Waals surface area contributed by atoms with Gasteiger partial charge in [0.2, 0.25) is 5.91 Å². The SMILES string of the molecule is CCN(C(=O)CN)c1c(C)cccc1C.Cl. The molecule has 0 heterocycles. The summed E-state index contributed by atoms with van der Waals surface area (Å²) >= 11 is 0. The molecular formula is C12H19ClN2O. The Hall–Kier alpha value is -1.06. The average molecular weight is 243 g/mol. The second kappa shape index (κ2) is 6.51. The van der Waals surface area contributed by atoms with Gasteiger partial charge in [0, 0.05) is 12.2 Å². The van der Waals surface area contributed by atoms with Crippen LogP contribution in [0.5, 0.6) is 0 Å². The number of nitrogens with zero attached hydrogens (tertiary/aromatic N) is 1. The maximum atomic E-state index is 11.6. The monoisotopic (exact) mass is 242 g/mol. The van der Waals surface area contributed by atoms with Crippen molar-refractivity contribution in [1.82, 2.24) is 0 Å². The molecule has 0 spiro atoms. The number of benzene rings is 1. The topological polar surface area (TPSA) is 46.3 Å². The first-order chi connectivity index (χ1) is 7.11. The zero-order valence-corrected chi connectivity index (χ0v) is 10.8.